The van der Waals surface area contributed by atoms with Crippen LogP contribution in [0.3, 0.4) is 0 Å². The Bertz CT molecular complexity index is 701. The Labute approximate surface area is 149 Å². The van der Waals surface area contributed by atoms with Crippen LogP contribution in [-0.4, -0.2) is 41.9 Å². The first-order valence-corrected chi connectivity index (χ1v) is 8.80. The minimum atomic E-state index is -0.0709. The fourth-order valence-electron chi connectivity index (χ4n) is 3.68. The van der Waals surface area contributed by atoms with Crippen LogP contribution in [0.25, 0.3) is 0 Å². The molecule has 1 aromatic carbocycles. The predicted molar refractivity (Wildman–Crippen MR) is 93.1 cm³/mol. The fourth-order valence-corrected chi connectivity index (χ4v) is 4.16. The number of piperidine rings is 1. The van der Waals surface area contributed by atoms with Crippen molar-refractivity contribution in [1.82, 2.24) is 4.90 Å². The Morgan fingerprint density at radius 3 is 2.96 bits per heavy atom. The number of phenolic OH excluding ortho intramolecular Hbond substituents is 1. The minimum Gasteiger partial charge on any atom is -0.504 e. The van der Waals surface area contributed by atoms with Crippen LogP contribution in [0.4, 0.5) is 0 Å². The van der Waals surface area contributed by atoms with Crippen LogP contribution in [0, 0.1) is 5.92 Å². The summed E-state index contributed by atoms with van der Waals surface area (Å²) in [5.74, 6) is 0.985. The van der Waals surface area contributed by atoms with Gasteiger partial charge in [-0.1, -0.05) is 22.0 Å². The zero-order valence-electron chi connectivity index (χ0n) is 13.5. The summed E-state index contributed by atoms with van der Waals surface area (Å²) in [5.41, 5.74) is 2.08. The summed E-state index contributed by atoms with van der Waals surface area (Å²) in [6.07, 6.45) is 5.33. The van der Waals surface area contributed by atoms with Gasteiger partial charge in [-0.15, -0.1) is 0 Å². The minimum absolute atomic E-state index is 0.0709. The van der Waals surface area contributed by atoms with Crippen LogP contribution < -0.4 is 4.74 Å². The summed E-state index contributed by atoms with van der Waals surface area (Å²) in [6, 6.07) is 3.33. The number of rotatable bonds is 4. The maximum Gasteiger partial charge on any atom is 0.210 e. The lowest BCUT2D eigenvalue weighted by molar-refractivity contribution is -0.121. The molecule has 1 aromatic rings. The number of benzene rings is 1. The third-order valence-electron chi connectivity index (χ3n) is 4.93. The Kier molecular flexibility index (Phi) is 4.94. The van der Waals surface area contributed by atoms with E-state index >= 15 is 0 Å². The number of methoxy groups -OCH3 is 1. The molecule has 128 valence electrons. The number of likely N-dealkylation sites (tertiary alicyclic amines) is 1. The van der Waals surface area contributed by atoms with Gasteiger partial charge in [0.25, 0.3) is 0 Å². The summed E-state index contributed by atoms with van der Waals surface area (Å²) in [5, 5.41) is 10.0. The molecule has 2 aliphatic rings. The SMILES string of the molecule is COc1cc(Br)c(CC2C3=CCC(=O)CC3CCN2C=O)cc1O. The van der Waals surface area contributed by atoms with Crippen molar-refractivity contribution < 1.29 is 19.4 Å². The van der Waals surface area contributed by atoms with Crippen molar-refractivity contribution in [3.63, 3.8) is 0 Å². The normalized spacial score (nSPS) is 23.5. The van der Waals surface area contributed by atoms with E-state index in [9.17, 15) is 14.7 Å². The summed E-state index contributed by atoms with van der Waals surface area (Å²) in [6.45, 7) is 0.656. The molecule has 3 rings (SSSR count). The quantitative estimate of drug-likeness (QED) is 0.630. The molecule has 1 fully saturated rings. The van der Waals surface area contributed by atoms with Gasteiger partial charge in [-0.2, -0.15) is 0 Å². The number of phenols is 1. The number of nitrogens with zero attached hydrogens (tertiary/aromatic N) is 1. The third-order valence-corrected chi connectivity index (χ3v) is 5.67. The van der Waals surface area contributed by atoms with Crippen molar-refractivity contribution in [2.45, 2.75) is 31.7 Å². The third kappa shape index (κ3) is 3.20. The van der Waals surface area contributed by atoms with E-state index in [0.29, 0.717) is 31.6 Å². The molecule has 2 unspecified atom stereocenters. The number of ketones is 1. The lowest BCUT2D eigenvalue weighted by Gasteiger charge is -2.41. The topological polar surface area (TPSA) is 66.8 Å². The van der Waals surface area contributed by atoms with Gasteiger partial charge in [-0.05, 0) is 42.0 Å². The van der Waals surface area contributed by atoms with Gasteiger partial charge in [0, 0.05) is 23.9 Å². The van der Waals surface area contributed by atoms with Crippen molar-refractivity contribution in [1.29, 1.82) is 0 Å². The van der Waals surface area contributed by atoms with E-state index < -0.39 is 0 Å². The Balaban J connectivity index is 1.92. The van der Waals surface area contributed by atoms with Crippen molar-refractivity contribution >= 4 is 28.1 Å². The van der Waals surface area contributed by atoms with E-state index in [1.54, 1.807) is 17.0 Å². The zero-order valence-corrected chi connectivity index (χ0v) is 15.1. The number of allylic oxidation sites excluding steroid dienone is 1. The zero-order chi connectivity index (χ0) is 17.3. The monoisotopic (exact) mass is 393 g/mol. The maximum atomic E-state index is 11.7. The molecular weight excluding hydrogens is 374 g/mol. The van der Waals surface area contributed by atoms with Crippen LogP contribution in [0.15, 0.2) is 28.3 Å². The number of halogens is 1. The molecule has 1 heterocycles. The molecule has 1 aliphatic heterocycles. The first kappa shape index (κ1) is 17.0. The van der Waals surface area contributed by atoms with Crippen molar-refractivity contribution in [2.75, 3.05) is 13.7 Å². The molecule has 1 N–H and O–H groups in total. The van der Waals surface area contributed by atoms with E-state index in [1.165, 1.54) is 12.7 Å². The summed E-state index contributed by atoms with van der Waals surface area (Å²) < 4.78 is 5.95. The van der Waals surface area contributed by atoms with E-state index in [2.05, 4.69) is 15.9 Å². The van der Waals surface area contributed by atoms with E-state index in [1.807, 2.05) is 6.08 Å². The molecule has 0 radical (unpaired) electrons. The first-order chi connectivity index (χ1) is 11.5. The molecule has 5 nitrogen and oxygen atoms in total. The highest BCUT2D eigenvalue weighted by molar-refractivity contribution is 9.10. The molecule has 0 aromatic heterocycles. The van der Waals surface area contributed by atoms with Gasteiger partial charge in [0.1, 0.15) is 5.78 Å². The molecule has 0 bridgehead atoms. The molecule has 2 atom stereocenters. The molecule has 24 heavy (non-hydrogen) atoms. The second-order valence-electron chi connectivity index (χ2n) is 6.32. The largest absolute Gasteiger partial charge is 0.504 e. The Morgan fingerprint density at radius 2 is 2.25 bits per heavy atom. The number of hydrogen-bond donors (Lipinski definition) is 1. The molecule has 0 saturated carbocycles. The number of amides is 1. The van der Waals surface area contributed by atoms with Gasteiger partial charge in [0.15, 0.2) is 11.5 Å². The molecule has 0 spiro atoms. The Morgan fingerprint density at radius 1 is 1.46 bits per heavy atom. The number of ether oxygens (including phenoxy) is 1. The molecule has 6 heteroatoms. The Hall–Kier alpha value is -1.82. The van der Waals surface area contributed by atoms with Gasteiger partial charge in [-0.25, -0.2) is 0 Å². The summed E-state index contributed by atoms with van der Waals surface area (Å²) in [4.78, 5) is 25.0. The second-order valence-corrected chi connectivity index (χ2v) is 7.17. The summed E-state index contributed by atoms with van der Waals surface area (Å²) in [7, 11) is 1.50. The van der Waals surface area contributed by atoms with Crippen LogP contribution in [0.1, 0.15) is 24.8 Å². The number of carbonyl (C=O) groups excluding carboxylic acids is 2. The van der Waals surface area contributed by atoms with Crippen molar-refractivity contribution in [2.24, 2.45) is 5.92 Å². The van der Waals surface area contributed by atoms with E-state index in [0.717, 1.165) is 22.9 Å². The number of fused-ring (bicyclic) bond motifs is 1. The van der Waals surface area contributed by atoms with Crippen molar-refractivity contribution in [3.8, 4) is 11.5 Å². The second kappa shape index (κ2) is 6.97. The van der Waals surface area contributed by atoms with Crippen LogP contribution in [0.2, 0.25) is 0 Å². The number of aromatic hydroxyl groups is 1. The van der Waals surface area contributed by atoms with E-state index in [4.69, 9.17) is 4.74 Å². The summed E-state index contributed by atoms with van der Waals surface area (Å²) >= 11 is 3.52. The molecular formula is C18H20BrNO4. The number of Topliss-reactive ketones (excluding diaryl/α,β-unsaturated/α-hetero) is 1. The lowest BCUT2D eigenvalue weighted by atomic mass is 9.76. The number of carbonyl (C=O) groups is 2. The van der Waals surface area contributed by atoms with Crippen LogP contribution in [0.5, 0.6) is 11.5 Å². The van der Waals surface area contributed by atoms with Crippen LogP contribution in [-0.2, 0) is 16.0 Å². The molecule has 1 saturated heterocycles. The first-order valence-electron chi connectivity index (χ1n) is 8.01. The van der Waals surface area contributed by atoms with Gasteiger partial charge in [-0.3, -0.25) is 9.59 Å². The van der Waals surface area contributed by atoms with Gasteiger partial charge >= 0.3 is 0 Å². The lowest BCUT2D eigenvalue weighted by Crippen LogP contribution is -2.46. The van der Waals surface area contributed by atoms with Crippen LogP contribution >= 0.6 is 15.9 Å². The molecule has 1 aliphatic carbocycles. The average molecular weight is 394 g/mol. The van der Waals surface area contributed by atoms with Gasteiger partial charge in [0.05, 0.1) is 13.2 Å². The van der Waals surface area contributed by atoms with Crippen molar-refractivity contribution in [3.05, 3.63) is 33.8 Å². The smallest absolute Gasteiger partial charge is 0.210 e. The number of hydrogen-bond acceptors (Lipinski definition) is 4. The standard InChI is InChI=1S/C18H20BrNO4/c1-24-18-9-15(19)12(8-17(18)23)7-16-14-3-2-13(22)6-11(14)4-5-20(16)10-21/h3,8-11,16,23H,2,4-7H2,1H3. The highest BCUT2D eigenvalue weighted by Crippen LogP contribution is 2.38. The molecule has 1 amide bonds. The maximum absolute atomic E-state index is 11.7. The van der Waals surface area contributed by atoms with E-state index in [-0.39, 0.29) is 23.5 Å². The van der Waals surface area contributed by atoms with Gasteiger partial charge < -0.3 is 14.7 Å². The highest BCUT2D eigenvalue weighted by Gasteiger charge is 2.35. The predicted octanol–water partition coefficient (Wildman–Crippen LogP) is 2.84. The van der Waals surface area contributed by atoms with Gasteiger partial charge in [0.2, 0.25) is 6.41 Å². The highest BCUT2D eigenvalue weighted by atomic mass is 79.9. The fraction of sp³-hybridized carbons (Fsp3) is 0.444. The average Bonchev–Trinajstić information content (AvgIpc) is 2.57.